The number of hydrogen-bond donors (Lipinski definition) is 4. The summed E-state index contributed by atoms with van der Waals surface area (Å²) in [6.07, 6.45) is 3.52. The first kappa shape index (κ1) is 41.4. The van der Waals surface area contributed by atoms with Gasteiger partial charge in [-0.05, 0) is 80.6 Å². The number of halogens is 2. The number of nitrogens with zero attached hydrogens (tertiary/aromatic N) is 3. The molecule has 4 aromatic rings. The Kier molecular flexibility index (Phi) is 14.2. The highest BCUT2D eigenvalue weighted by Gasteiger charge is 2.40. The molecular weight excluding hydrogens is 767 g/mol. The van der Waals surface area contributed by atoms with Crippen LogP contribution < -0.4 is 21.2 Å². The van der Waals surface area contributed by atoms with Crippen LogP contribution in [0.4, 0.5) is 0 Å². The second-order valence-electron chi connectivity index (χ2n) is 12.2. The van der Waals surface area contributed by atoms with Crippen LogP contribution in [0, 0.1) is 13.8 Å². The third-order valence-corrected chi connectivity index (χ3v) is 10.9. The number of rotatable bonds is 12. The minimum absolute atomic E-state index is 0.0630. The summed E-state index contributed by atoms with van der Waals surface area (Å²) < 4.78 is 61.0. The summed E-state index contributed by atoms with van der Waals surface area (Å²) >= 11 is 13.2. The number of aromatic nitrogens is 1. The van der Waals surface area contributed by atoms with Gasteiger partial charge in [0.15, 0.2) is 0 Å². The van der Waals surface area contributed by atoms with Crippen molar-refractivity contribution in [1.82, 2.24) is 19.9 Å². The Morgan fingerprint density at radius 2 is 1.74 bits per heavy atom. The summed E-state index contributed by atoms with van der Waals surface area (Å²) in [5.41, 5.74) is 4.14. The van der Waals surface area contributed by atoms with E-state index in [9.17, 15) is 26.4 Å². The number of hydrogen-bond acceptors (Lipinski definition) is 10. The number of aryl methyl sites for hydroxylation is 2. The minimum Gasteiger partial charge on any atom is -0.487 e. The molecule has 0 unspecified atom stereocenters. The molecule has 1 aliphatic heterocycles. The molecule has 0 spiro atoms. The van der Waals surface area contributed by atoms with E-state index in [0.29, 0.717) is 54.5 Å². The highest BCUT2D eigenvalue weighted by Crippen LogP contribution is 2.36. The molecule has 284 valence electrons. The molecule has 0 saturated carbocycles. The van der Waals surface area contributed by atoms with Crippen molar-refractivity contribution in [3.63, 3.8) is 0 Å². The second-order valence-corrected chi connectivity index (χ2v) is 16.3. The van der Waals surface area contributed by atoms with E-state index in [1.165, 1.54) is 22.7 Å². The van der Waals surface area contributed by atoms with Crippen molar-refractivity contribution in [3.05, 3.63) is 98.7 Å². The van der Waals surface area contributed by atoms with Gasteiger partial charge in [-0.15, -0.1) is 0 Å². The van der Waals surface area contributed by atoms with Crippen LogP contribution in [0.25, 0.3) is 10.9 Å². The topological polar surface area (TPSA) is 210 Å². The van der Waals surface area contributed by atoms with E-state index >= 15 is 0 Å². The molecule has 2 heterocycles. The minimum atomic E-state index is -4.17. The van der Waals surface area contributed by atoms with E-state index < -0.39 is 32.1 Å². The van der Waals surface area contributed by atoms with Gasteiger partial charge in [0.2, 0.25) is 15.9 Å². The van der Waals surface area contributed by atoms with Crippen LogP contribution in [-0.2, 0) is 31.5 Å². The lowest BCUT2D eigenvalue weighted by Crippen LogP contribution is -2.46. The average molecular weight is 808 g/mol. The second kappa shape index (κ2) is 18.1. The van der Waals surface area contributed by atoms with Gasteiger partial charge in [0.25, 0.3) is 16.0 Å². The predicted molar refractivity (Wildman–Crippen MR) is 205 cm³/mol. The lowest BCUT2D eigenvalue weighted by molar-refractivity contribution is -0.124. The Morgan fingerprint density at radius 3 is 2.42 bits per heavy atom. The molecule has 0 radical (unpaired) electrons. The van der Waals surface area contributed by atoms with Gasteiger partial charge in [-0.2, -0.15) is 17.8 Å². The van der Waals surface area contributed by atoms with Gasteiger partial charge in [-0.3, -0.25) is 14.1 Å². The maximum Gasteiger partial charge on any atom is 0.261 e. The fourth-order valence-corrected chi connectivity index (χ4v) is 8.19. The molecule has 0 bridgehead atoms. The number of benzene rings is 3. The van der Waals surface area contributed by atoms with Crippen LogP contribution in [0.2, 0.25) is 10.0 Å². The summed E-state index contributed by atoms with van der Waals surface area (Å²) in [5.74, 6) is 4.99. The summed E-state index contributed by atoms with van der Waals surface area (Å²) in [5, 5.41) is 10.2. The van der Waals surface area contributed by atoms with E-state index in [2.05, 4.69) is 20.7 Å². The van der Waals surface area contributed by atoms with Crippen molar-refractivity contribution in [2.75, 3.05) is 25.9 Å². The molecule has 2 amide bonds. The molecule has 1 saturated heterocycles. The zero-order chi connectivity index (χ0) is 38.9. The zero-order valence-electron chi connectivity index (χ0n) is 29.2. The van der Waals surface area contributed by atoms with Crippen LogP contribution in [0.1, 0.15) is 52.0 Å². The first-order valence-corrected chi connectivity index (χ1v) is 20.4. The molecule has 3 aromatic carbocycles. The maximum absolute atomic E-state index is 13.9. The standard InChI is InChI=1S/C34H36Cl2N6O5S.CH4O3S/c1-21-18-22(2)41-32-25(21)6-3-8-29(32)47-20-26-27(35)13-14-30(31(26)36)48(45,46)42-17-4-7-28(42)34(44)39-16-5-15-38-33(43)24-11-9-23(10-12-24)19-40-37;1-5(2,3)4/h3,6,8-14,18-19,28H,4-5,7,15-17,20,37H2,1-2H3,(H,38,43)(H,39,44);1H3,(H,2,3,4)/t28-;/m0./s1. The molecule has 1 fully saturated rings. The number of carbonyl (C=O) groups is 2. The Hall–Kier alpha value is -4.32. The first-order valence-electron chi connectivity index (χ1n) is 16.3. The molecule has 1 atom stereocenters. The van der Waals surface area contributed by atoms with Crippen molar-refractivity contribution in [2.45, 2.75) is 50.7 Å². The zero-order valence-corrected chi connectivity index (χ0v) is 32.3. The molecule has 53 heavy (non-hydrogen) atoms. The Labute approximate surface area is 318 Å². The number of carbonyl (C=O) groups excluding carboxylic acids is 2. The number of nitrogens with one attached hydrogen (secondary N) is 2. The number of nitrogens with two attached hydrogens (primary N) is 1. The number of para-hydroxylation sites is 1. The van der Waals surface area contributed by atoms with Crippen LogP contribution in [0.5, 0.6) is 5.75 Å². The van der Waals surface area contributed by atoms with Gasteiger partial charge >= 0.3 is 0 Å². The third kappa shape index (κ3) is 11.1. The summed E-state index contributed by atoms with van der Waals surface area (Å²) in [6.45, 7) is 4.54. The number of hydrazone groups is 1. The maximum atomic E-state index is 13.9. The molecule has 5 N–H and O–H groups in total. The fraction of sp³-hybridized carbons (Fsp3) is 0.314. The first-order chi connectivity index (χ1) is 25.0. The van der Waals surface area contributed by atoms with E-state index in [1.54, 1.807) is 30.3 Å². The normalized spacial score (nSPS) is 14.9. The quantitative estimate of drug-likeness (QED) is 0.0513. The van der Waals surface area contributed by atoms with Gasteiger partial charge in [0.05, 0.1) is 17.5 Å². The van der Waals surface area contributed by atoms with Crippen LogP contribution >= 0.6 is 23.2 Å². The van der Waals surface area contributed by atoms with Crippen molar-refractivity contribution >= 4 is 72.3 Å². The molecule has 5 rings (SSSR count). The summed E-state index contributed by atoms with van der Waals surface area (Å²) in [4.78, 5) is 30.0. The number of sulfonamides is 1. The third-order valence-electron chi connectivity index (χ3n) is 8.09. The molecule has 1 aliphatic rings. The van der Waals surface area contributed by atoms with Gasteiger partial charge in [0, 0.05) is 46.9 Å². The van der Waals surface area contributed by atoms with Gasteiger partial charge in [0.1, 0.15) is 28.8 Å². The monoisotopic (exact) mass is 806 g/mol. The lowest BCUT2D eigenvalue weighted by Gasteiger charge is -2.24. The predicted octanol–water partition coefficient (Wildman–Crippen LogP) is 4.62. The fourth-order valence-electron chi connectivity index (χ4n) is 5.67. The summed E-state index contributed by atoms with van der Waals surface area (Å²) in [6, 6.07) is 16.3. The van der Waals surface area contributed by atoms with Crippen LogP contribution in [-0.4, -0.2) is 80.6 Å². The Morgan fingerprint density at radius 1 is 1.06 bits per heavy atom. The van der Waals surface area contributed by atoms with Gasteiger partial charge in [-0.1, -0.05) is 47.5 Å². The molecule has 18 heteroatoms. The lowest BCUT2D eigenvalue weighted by atomic mass is 10.1. The van der Waals surface area contributed by atoms with E-state index in [0.717, 1.165) is 22.2 Å². The van der Waals surface area contributed by atoms with Crippen molar-refractivity contribution < 1.29 is 35.7 Å². The van der Waals surface area contributed by atoms with Crippen molar-refractivity contribution in [1.29, 1.82) is 0 Å². The van der Waals surface area contributed by atoms with E-state index in [-0.39, 0.29) is 40.5 Å². The molecule has 0 aliphatic carbocycles. The van der Waals surface area contributed by atoms with Crippen molar-refractivity contribution in [3.8, 4) is 5.75 Å². The van der Waals surface area contributed by atoms with E-state index in [1.807, 2.05) is 32.0 Å². The Bertz CT molecular complexity index is 2210. The largest absolute Gasteiger partial charge is 0.487 e. The smallest absolute Gasteiger partial charge is 0.261 e. The van der Waals surface area contributed by atoms with Gasteiger partial charge in [-0.25, -0.2) is 13.4 Å². The number of amides is 2. The van der Waals surface area contributed by atoms with E-state index in [4.69, 9.17) is 38.3 Å². The average Bonchev–Trinajstić information content (AvgIpc) is 3.59. The highest BCUT2D eigenvalue weighted by atomic mass is 35.5. The highest BCUT2D eigenvalue weighted by molar-refractivity contribution is 7.89. The number of ether oxygens (including phenoxy) is 1. The Balaban J connectivity index is 0.00000117. The van der Waals surface area contributed by atoms with Crippen LogP contribution in [0.3, 0.4) is 0 Å². The SMILES string of the molecule is CS(=O)(=O)O.Cc1cc(C)c2cccc(OCc3c(Cl)ccc(S(=O)(=O)N4CCC[C@H]4C(=O)NCCCNC(=O)c4ccc(C=NN)cc4)c3Cl)c2n1. The van der Waals surface area contributed by atoms with Gasteiger partial charge < -0.3 is 21.2 Å². The molecule has 1 aromatic heterocycles. The number of fused-ring (bicyclic) bond motifs is 1. The van der Waals surface area contributed by atoms with Crippen LogP contribution in [0.15, 0.2) is 70.7 Å². The summed E-state index contributed by atoms with van der Waals surface area (Å²) in [7, 11) is -7.84. The molecular formula is C35H40Cl2N6O8S2. The number of pyridine rings is 1. The molecule has 14 nitrogen and oxygen atoms in total. The van der Waals surface area contributed by atoms with Crippen molar-refractivity contribution in [2.24, 2.45) is 10.9 Å².